The minimum atomic E-state index is -4.71. The highest BCUT2D eigenvalue weighted by Crippen LogP contribution is 2.38. The number of aliphatic hydroxyl groups excluding tert-OH is 3. The number of hydrogen-bond acceptors (Lipinski definition) is 11. The van der Waals surface area contributed by atoms with Gasteiger partial charge in [-0.1, -0.05) is 127 Å². The van der Waals surface area contributed by atoms with Gasteiger partial charge in [-0.15, -0.1) is 0 Å². The van der Waals surface area contributed by atoms with E-state index in [4.69, 9.17) is 18.5 Å². The van der Waals surface area contributed by atoms with Crippen molar-refractivity contribution in [1.29, 1.82) is 0 Å². The molecule has 0 bridgehead atoms. The van der Waals surface area contributed by atoms with Gasteiger partial charge in [-0.3, -0.25) is 14.2 Å². The van der Waals surface area contributed by atoms with Crippen LogP contribution in [0.3, 0.4) is 0 Å². The number of aliphatic hydroxyl groups is 3. The van der Waals surface area contributed by atoms with Gasteiger partial charge in [-0.2, -0.15) is 0 Å². The standard InChI is InChI=1S/C46H82NO11P/c1-6-8-10-11-12-13-14-15-16-17-18-19-20-21-22-23-25-31-46(52)58-40(38-57-59(53,54)56-35-34-47(3,4)5)37-55-45(51)30-27-26-29-41-42(44(50)36-43(41)49)33-32-39(48)28-24-9-7-2/h12-13,15-16,26-27,32-33,39-44,48-50H,6-11,14,17-25,28-31,34-38H2,1-5H3/b13-12-,16-15-,27-26-,33-32+/t39-,40-,41+,42-,43+,44-/m1/s1. The maximum absolute atomic E-state index is 12.7. The summed E-state index contributed by atoms with van der Waals surface area (Å²) < 4.78 is 33.8. The van der Waals surface area contributed by atoms with Crippen molar-refractivity contribution >= 4 is 19.8 Å². The lowest BCUT2D eigenvalue weighted by molar-refractivity contribution is -0.870. The maximum Gasteiger partial charge on any atom is 0.309 e. The Morgan fingerprint density at radius 3 is 2.07 bits per heavy atom. The van der Waals surface area contributed by atoms with Crippen molar-refractivity contribution < 1.29 is 57.4 Å². The molecule has 0 spiro atoms. The number of carbonyl (C=O) groups excluding carboxylic acids is 2. The number of likely N-dealkylation sites (N-methyl/N-ethyl adjacent to an activating group) is 1. The molecule has 0 amide bonds. The lowest BCUT2D eigenvalue weighted by Crippen LogP contribution is -2.37. The summed E-state index contributed by atoms with van der Waals surface area (Å²) in [6.07, 6.45) is 31.2. The van der Waals surface area contributed by atoms with E-state index in [0.717, 1.165) is 57.8 Å². The first-order chi connectivity index (χ1) is 28.2. The van der Waals surface area contributed by atoms with Gasteiger partial charge < -0.3 is 43.2 Å². The molecule has 3 N–H and O–H groups in total. The Balaban J connectivity index is 2.54. The average Bonchev–Trinajstić information content (AvgIpc) is 3.44. The van der Waals surface area contributed by atoms with Gasteiger partial charge in [0.25, 0.3) is 7.82 Å². The Bertz CT molecular complexity index is 1260. The Hall–Kier alpha value is -2.15. The fourth-order valence-electron chi connectivity index (χ4n) is 6.77. The van der Waals surface area contributed by atoms with Crippen molar-refractivity contribution in [2.45, 2.75) is 173 Å². The first-order valence-corrected chi connectivity index (χ1v) is 24.1. The highest BCUT2D eigenvalue weighted by Gasteiger charge is 2.39. The first kappa shape index (κ1) is 54.9. The van der Waals surface area contributed by atoms with Crippen molar-refractivity contribution in [1.82, 2.24) is 0 Å². The van der Waals surface area contributed by atoms with Crippen LogP contribution in [0.25, 0.3) is 0 Å². The van der Waals surface area contributed by atoms with Crippen LogP contribution in [0.4, 0.5) is 0 Å². The number of carbonyl (C=O) groups is 2. The molecule has 12 nitrogen and oxygen atoms in total. The molecule has 1 aliphatic carbocycles. The third-order valence-electron chi connectivity index (χ3n) is 10.4. The Labute approximate surface area is 357 Å². The van der Waals surface area contributed by atoms with Crippen LogP contribution >= 0.6 is 7.82 Å². The van der Waals surface area contributed by atoms with Gasteiger partial charge in [0.1, 0.15) is 19.8 Å². The summed E-state index contributed by atoms with van der Waals surface area (Å²) in [7, 11) is 0.983. The fraction of sp³-hybridized carbons (Fsp3) is 0.783. The normalized spacial score (nSPS) is 20.9. The minimum absolute atomic E-state index is 0.0842. The molecule has 342 valence electrons. The largest absolute Gasteiger partial charge is 0.756 e. The second-order valence-corrected chi connectivity index (χ2v) is 18.5. The fourth-order valence-corrected chi connectivity index (χ4v) is 7.50. The van der Waals surface area contributed by atoms with Gasteiger partial charge in [0, 0.05) is 18.8 Å². The zero-order valence-corrected chi connectivity index (χ0v) is 38.2. The molecular formula is C46H82NO11P. The SMILES string of the molecule is CCCCC/C=C\C/C=C\CCCCCCCCCC(=O)O[C@H](COC(=O)C/C=C\C[C@H]1[C@@H](/C=C/[C@H](O)CCCCC)[C@H](O)C[C@@H]1O)COP(=O)([O-])OCC[N+](C)(C)C. The second-order valence-electron chi connectivity index (χ2n) is 17.0. The van der Waals surface area contributed by atoms with Crippen LogP contribution < -0.4 is 4.89 Å². The van der Waals surface area contributed by atoms with Crippen LogP contribution in [0.15, 0.2) is 48.6 Å². The summed E-state index contributed by atoms with van der Waals surface area (Å²) in [5.41, 5.74) is 0. The molecule has 1 unspecified atom stereocenters. The van der Waals surface area contributed by atoms with Gasteiger partial charge in [-0.05, 0) is 57.3 Å². The van der Waals surface area contributed by atoms with Crippen molar-refractivity contribution in [2.75, 3.05) is 47.5 Å². The number of rotatable bonds is 36. The molecule has 0 heterocycles. The molecule has 1 fully saturated rings. The monoisotopic (exact) mass is 856 g/mol. The van der Waals surface area contributed by atoms with E-state index in [1.807, 2.05) is 21.1 Å². The molecule has 0 aliphatic heterocycles. The third-order valence-corrected chi connectivity index (χ3v) is 11.4. The van der Waals surface area contributed by atoms with Gasteiger partial charge >= 0.3 is 11.9 Å². The van der Waals surface area contributed by atoms with Crippen LogP contribution in [0.1, 0.15) is 149 Å². The van der Waals surface area contributed by atoms with E-state index in [2.05, 4.69) is 38.2 Å². The molecular weight excluding hydrogens is 773 g/mol. The zero-order valence-electron chi connectivity index (χ0n) is 37.3. The molecule has 13 heteroatoms. The predicted octanol–water partition coefficient (Wildman–Crippen LogP) is 8.43. The molecule has 0 aromatic carbocycles. The Kier molecular flexibility index (Phi) is 31.1. The number of hydrogen-bond donors (Lipinski definition) is 3. The van der Waals surface area contributed by atoms with Crippen LogP contribution in [0.2, 0.25) is 0 Å². The topological polar surface area (TPSA) is 172 Å². The summed E-state index contributed by atoms with van der Waals surface area (Å²) in [6, 6.07) is 0. The minimum Gasteiger partial charge on any atom is -0.756 e. The van der Waals surface area contributed by atoms with Crippen LogP contribution in [0, 0.1) is 11.8 Å². The number of phosphoric ester groups is 1. The number of esters is 2. The maximum atomic E-state index is 12.7. The van der Waals surface area contributed by atoms with E-state index in [0.29, 0.717) is 30.3 Å². The number of unbranched alkanes of at least 4 members (excludes halogenated alkanes) is 12. The molecule has 0 radical (unpaired) electrons. The van der Waals surface area contributed by atoms with Crippen molar-refractivity contribution in [2.24, 2.45) is 11.8 Å². The molecule has 59 heavy (non-hydrogen) atoms. The summed E-state index contributed by atoms with van der Waals surface area (Å²) >= 11 is 0. The third kappa shape index (κ3) is 30.5. The van der Waals surface area contributed by atoms with Crippen LogP contribution in [0.5, 0.6) is 0 Å². The van der Waals surface area contributed by atoms with Gasteiger partial charge in [0.05, 0.1) is 52.5 Å². The summed E-state index contributed by atoms with van der Waals surface area (Å²) in [5, 5.41) is 31.4. The summed E-state index contributed by atoms with van der Waals surface area (Å²) in [6.45, 7) is 3.70. The van der Waals surface area contributed by atoms with Crippen LogP contribution in [-0.4, -0.2) is 104 Å². The number of phosphoric acid groups is 1. The van der Waals surface area contributed by atoms with Crippen molar-refractivity contribution in [3.8, 4) is 0 Å². The van der Waals surface area contributed by atoms with Gasteiger partial charge in [-0.25, -0.2) is 0 Å². The number of nitrogens with zero attached hydrogens (tertiary/aromatic N) is 1. The van der Waals surface area contributed by atoms with E-state index < -0.39 is 57.4 Å². The molecule has 1 saturated carbocycles. The number of ether oxygens (including phenoxy) is 2. The van der Waals surface area contributed by atoms with Crippen molar-refractivity contribution in [3.05, 3.63) is 48.6 Å². The first-order valence-electron chi connectivity index (χ1n) is 22.6. The predicted molar refractivity (Wildman–Crippen MR) is 233 cm³/mol. The van der Waals surface area contributed by atoms with Gasteiger partial charge in [0.15, 0.2) is 6.10 Å². The smallest absolute Gasteiger partial charge is 0.309 e. The lowest BCUT2D eigenvalue weighted by atomic mass is 9.89. The lowest BCUT2D eigenvalue weighted by Gasteiger charge is -2.28. The Morgan fingerprint density at radius 1 is 0.780 bits per heavy atom. The quantitative estimate of drug-likeness (QED) is 0.0182. The average molecular weight is 856 g/mol. The second kappa shape index (κ2) is 33.5. The summed E-state index contributed by atoms with van der Waals surface area (Å²) in [4.78, 5) is 37.8. The Morgan fingerprint density at radius 2 is 1.41 bits per heavy atom. The molecule has 0 saturated heterocycles. The van der Waals surface area contributed by atoms with Gasteiger partial charge in [0.2, 0.25) is 0 Å². The van der Waals surface area contributed by atoms with E-state index in [-0.39, 0.29) is 37.7 Å². The molecule has 1 rings (SSSR count). The number of allylic oxidation sites excluding steroid dienone is 5. The number of quaternary nitrogens is 1. The molecule has 0 aromatic heterocycles. The van der Waals surface area contributed by atoms with E-state index in [9.17, 15) is 34.4 Å². The van der Waals surface area contributed by atoms with Crippen molar-refractivity contribution in [3.63, 3.8) is 0 Å². The highest BCUT2D eigenvalue weighted by atomic mass is 31.2. The zero-order chi connectivity index (χ0) is 43.8. The summed E-state index contributed by atoms with van der Waals surface area (Å²) in [5.74, 6) is -1.75. The highest BCUT2D eigenvalue weighted by molar-refractivity contribution is 7.45. The van der Waals surface area contributed by atoms with Crippen LogP contribution in [-0.2, 0) is 32.7 Å². The van der Waals surface area contributed by atoms with E-state index in [1.54, 1.807) is 24.3 Å². The molecule has 7 atom stereocenters. The van der Waals surface area contributed by atoms with E-state index in [1.165, 1.54) is 38.5 Å². The van der Waals surface area contributed by atoms with E-state index >= 15 is 0 Å². The molecule has 0 aromatic rings. The molecule has 1 aliphatic rings.